The van der Waals surface area contributed by atoms with Crippen LogP contribution in [0.5, 0.6) is 0 Å². The van der Waals surface area contributed by atoms with E-state index in [0.29, 0.717) is 0 Å². The zero-order valence-corrected chi connectivity index (χ0v) is 14.9. The number of amides is 1. The second kappa shape index (κ2) is 9.38. The Hall–Kier alpha value is -2.13. The van der Waals surface area contributed by atoms with E-state index in [4.69, 9.17) is 0 Å². The molecule has 0 unspecified atom stereocenters. The Labute approximate surface area is 151 Å². The number of benzene rings is 2. The lowest BCUT2D eigenvalue weighted by atomic mass is 9.90. The third-order valence-electron chi connectivity index (χ3n) is 5.16. The van der Waals surface area contributed by atoms with Crippen LogP contribution in [0.15, 0.2) is 60.7 Å². The molecule has 1 aliphatic rings. The fraction of sp³-hybridized carbons (Fsp3) is 0.409. The monoisotopic (exact) mass is 336 g/mol. The van der Waals surface area contributed by atoms with Gasteiger partial charge in [-0.1, -0.05) is 48.5 Å². The maximum atomic E-state index is 11.3. The molecule has 0 saturated carbocycles. The molecule has 0 spiro atoms. The summed E-state index contributed by atoms with van der Waals surface area (Å²) >= 11 is 0. The van der Waals surface area contributed by atoms with Gasteiger partial charge in [-0.25, -0.2) is 0 Å². The molecule has 0 atom stereocenters. The van der Waals surface area contributed by atoms with Crippen LogP contribution in [0.25, 0.3) is 0 Å². The van der Waals surface area contributed by atoms with Gasteiger partial charge in [-0.3, -0.25) is 4.79 Å². The highest BCUT2D eigenvalue weighted by Gasteiger charge is 2.19. The molecule has 0 radical (unpaired) electrons. The predicted octanol–water partition coefficient (Wildman–Crippen LogP) is 3.99. The normalized spacial score (nSPS) is 15.8. The molecule has 132 valence electrons. The Morgan fingerprint density at radius 1 is 0.960 bits per heavy atom. The molecule has 0 bridgehead atoms. The molecule has 1 fully saturated rings. The minimum atomic E-state index is 0.789. The van der Waals surface area contributed by atoms with E-state index in [9.17, 15) is 4.79 Å². The molecule has 0 aliphatic carbocycles. The molecule has 3 heteroatoms. The summed E-state index contributed by atoms with van der Waals surface area (Å²) in [6, 6.07) is 20.7. The van der Waals surface area contributed by atoms with Crippen LogP contribution in [-0.2, 0) is 11.2 Å². The minimum absolute atomic E-state index is 0.789. The lowest BCUT2D eigenvalue weighted by Crippen LogP contribution is -2.36. The number of anilines is 1. The maximum absolute atomic E-state index is 11.3. The van der Waals surface area contributed by atoms with Crippen molar-refractivity contribution in [3.05, 3.63) is 66.2 Å². The van der Waals surface area contributed by atoms with Gasteiger partial charge in [0.05, 0.1) is 0 Å². The number of carbonyl (C=O) groups excluding carboxylic acids is 1. The fourth-order valence-corrected chi connectivity index (χ4v) is 3.69. The van der Waals surface area contributed by atoms with E-state index < -0.39 is 0 Å². The molecule has 2 aromatic rings. The molecule has 1 heterocycles. The Morgan fingerprint density at radius 3 is 2.24 bits per heavy atom. The number of rotatable bonds is 8. The Kier molecular flexibility index (Phi) is 6.63. The second-order valence-electron chi connectivity index (χ2n) is 6.96. The first-order valence-electron chi connectivity index (χ1n) is 9.38. The molecule has 1 amide bonds. The lowest BCUT2D eigenvalue weighted by Gasteiger charge is -2.32. The van der Waals surface area contributed by atoms with Crippen molar-refractivity contribution < 1.29 is 4.79 Å². The fourth-order valence-electron chi connectivity index (χ4n) is 3.69. The van der Waals surface area contributed by atoms with Gasteiger partial charge in [-0.15, -0.1) is 0 Å². The van der Waals surface area contributed by atoms with Crippen molar-refractivity contribution in [2.45, 2.75) is 25.7 Å². The largest absolute Gasteiger partial charge is 0.315 e. The molecule has 2 aromatic carbocycles. The summed E-state index contributed by atoms with van der Waals surface area (Å²) < 4.78 is 0. The summed E-state index contributed by atoms with van der Waals surface area (Å²) in [6.45, 7) is 4.24. The lowest BCUT2D eigenvalue weighted by molar-refractivity contribution is -0.107. The van der Waals surface area contributed by atoms with Crippen LogP contribution < -0.4 is 4.90 Å². The van der Waals surface area contributed by atoms with Crippen LogP contribution in [0, 0.1) is 5.92 Å². The molecule has 0 aromatic heterocycles. The number of nitrogens with zero attached hydrogens (tertiary/aromatic N) is 2. The smallest absolute Gasteiger partial charge is 0.214 e. The van der Waals surface area contributed by atoms with Crippen molar-refractivity contribution in [3.8, 4) is 0 Å². The van der Waals surface area contributed by atoms with Crippen LogP contribution >= 0.6 is 0 Å². The zero-order valence-electron chi connectivity index (χ0n) is 14.9. The molecule has 3 nitrogen and oxygen atoms in total. The van der Waals surface area contributed by atoms with Crippen LogP contribution in [0.4, 0.5) is 5.69 Å². The van der Waals surface area contributed by atoms with Crippen LogP contribution in [0.1, 0.15) is 24.8 Å². The van der Waals surface area contributed by atoms with E-state index in [1.165, 1.54) is 37.9 Å². The number of hydrogen-bond acceptors (Lipinski definition) is 2. The molecular formula is C22H28N2O. The van der Waals surface area contributed by atoms with Crippen LogP contribution in [0.3, 0.4) is 0 Å². The number of carbonyl (C=O) groups is 1. The molecule has 1 aliphatic heterocycles. The summed E-state index contributed by atoms with van der Waals surface area (Å²) in [5.41, 5.74) is 2.45. The number of piperidine rings is 1. The van der Waals surface area contributed by atoms with Gasteiger partial charge >= 0.3 is 0 Å². The van der Waals surface area contributed by atoms with Crippen molar-refractivity contribution >= 4 is 12.1 Å². The van der Waals surface area contributed by atoms with Gasteiger partial charge in [-0.2, -0.15) is 0 Å². The van der Waals surface area contributed by atoms with E-state index >= 15 is 0 Å². The molecule has 0 N–H and O–H groups in total. The van der Waals surface area contributed by atoms with Gasteiger partial charge < -0.3 is 9.80 Å². The summed E-state index contributed by atoms with van der Waals surface area (Å²) in [4.78, 5) is 15.7. The third-order valence-corrected chi connectivity index (χ3v) is 5.16. The predicted molar refractivity (Wildman–Crippen MR) is 104 cm³/mol. The molecular weight excluding hydrogens is 308 g/mol. The first-order chi connectivity index (χ1) is 12.3. The topological polar surface area (TPSA) is 23.6 Å². The number of para-hydroxylation sites is 1. The van der Waals surface area contributed by atoms with Crippen molar-refractivity contribution in [2.75, 3.05) is 31.1 Å². The summed E-state index contributed by atoms with van der Waals surface area (Å²) in [5.74, 6) is 0.814. The number of hydrogen-bond donors (Lipinski definition) is 0. The van der Waals surface area contributed by atoms with E-state index in [1.807, 2.05) is 35.2 Å². The van der Waals surface area contributed by atoms with Gasteiger partial charge in [-0.05, 0) is 68.9 Å². The summed E-state index contributed by atoms with van der Waals surface area (Å²) in [6.07, 6.45) is 5.75. The average Bonchev–Trinajstić information content (AvgIpc) is 2.68. The Balaban J connectivity index is 1.37. The van der Waals surface area contributed by atoms with E-state index in [-0.39, 0.29) is 0 Å². The Morgan fingerprint density at radius 2 is 1.60 bits per heavy atom. The van der Waals surface area contributed by atoms with Gasteiger partial charge in [0.25, 0.3) is 0 Å². The van der Waals surface area contributed by atoms with Crippen molar-refractivity contribution in [2.24, 2.45) is 5.92 Å². The molecule has 1 saturated heterocycles. The van der Waals surface area contributed by atoms with E-state index in [2.05, 4.69) is 35.2 Å². The summed E-state index contributed by atoms with van der Waals surface area (Å²) in [7, 11) is 0. The van der Waals surface area contributed by atoms with Gasteiger partial charge in [0.2, 0.25) is 6.41 Å². The highest BCUT2D eigenvalue weighted by atomic mass is 16.1. The number of likely N-dealkylation sites (tertiary alicyclic amines) is 1. The van der Waals surface area contributed by atoms with Crippen molar-refractivity contribution in [1.82, 2.24) is 4.90 Å². The van der Waals surface area contributed by atoms with Crippen LogP contribution in [-0.4, -0.2) is 37.5 Å². The highest BCUT2D eigenvalue weighted by molar-refractivity contribution is 5.74. The van der Waals surface area contributed by atoms with Crippen molar-refractivity contribution in [1.29, 1.82) is 0 Å². The van der Waals surface area contributed by atoms with E-state index in [1.54, 1.807) is 0 Å². The first kappa shape index (κ1) is 17.7. The molecule has 3 rings (SSSR count). The SMILES string of the molecule is O=CN(CCCN1CCC(Cc2ccccc2)CC1)c1ccccc1. The third kappa shape index (κ3) is 5.43. The zero-order chi connectivity index (χ0) is 17.3. The quantitative estimate of drug-likeness (QED) is 0.681. The second-order valence-corrected chi connectivity index (χ2v) is 6.96. The van der Waals surface area contributed by atoms with Crippen LogP contribution in [0.2, 0.25) is 0 Å². The minimum Gasteiger partial charge on any atom is -0.315 e. The average molecular weight is 336 g/mol. The first-order valence-corrected chi connectivity index (χ1v) is 9.38. The standard InChI is InChI=1S/C22H28N2O/c25-19-24(22-10-5-2-6-11-22)15-7-14-23-16-12-21(13-17-23)18-20-8-3-1-4-9-20/h1-6,8-11,19,21H,7,12-18H2. The maximum Gasteiger partial charge on any atom is 0.214 e. The highest BCUT2D eigenvalue weighted by Crippen LogP contribution is 2.22. The Bertz CT molecular complexity index is 621. The van der Waals surface area contributed by atoms with Gasteiger partial charge in [0.1, 0.15) is 0 Å². The van der Waals surface area contributed by atoms with Crippen molar-refractivity contribution in [3.63, 3.8) is 0 Å². The summed E-state index contributed by atoms with van der Waals surface area (Å²) in [5, 5.41) is 0. The van der Waals surface area contributed by atoms with Gasteiger partial charge in [0, 0.05) is 12.2 Å². The molecule has 25 heavy (non-hydrogen) atoms. The van der Waals surface area contributed by atoms with E-state index in [0.717, 1.165) is 37.5 Å². The van der Waals surface area contributed by atoms with Gasteiger partial charge in [0.15, 0.2) is 0 Å².